The van der Waals surface area contributed by atoms with Gasteiger partial charge < -0.3 is 15.0 Å². The van der Waals surface area contributed by atoms with Crippen molar-refractivity contribution >= 4 is 21.7 Å². The van der Waals surface area contributed by atoms with E-state index in [-0.39, 0.29) is 17.0 Å². The zero-order valence-corrected chi connectivity index (χ0v) is 15.2. The minimum absolute atomic E-state index is 0.189. The third-order valence-corrected chi connectivity index (χ3v) is 6.10. The molecule has 1 aliphatic heterocycles. The summed E-state index contributed by atoms with van der Waals surface area (Å²) in [5.74, 6) is 0. The van der Waals surface area contributed by atoms with Gasteiger partial charge in [0.1, 0.15) is 0 Å². The SMILES string of the molecule is CCN(CC)C(=O)Nc1ccc(S(=O)(=O)N2CCOCC2C)cc1. The van der Waals surface area contributed by atoms with E-state index < -0.39 is 10.0 Å². The molecule has 2 rings (SSSR count). The Balaban J connectivity index is 2.12. The molecule has 1 heterocycles. The standard InChI is InChI=1S/C16H25N3O4S/c1-4-18(5-2)16(20)17-14-6-8-15(9-7-14)24(21,22)19-10-11-23-12-13(19)3/h6-9,13H,4-5,10-12H2,1-3H3,(H,17,20). The van der Waals surface area contributed by atoms with Gasteiger partial charge in [0, 0.05) is 31.4 Å². The van der Waals surface area contributed by atoms with Gasteiger partial charge in [0.25, 0.3) is 0 Å². The molecule has 1 aromatic rings. The minimum atomic E-state index is -3.55. The summed E-state index contributed by atoms with van der Waals surface area (Å²) in [7, 11) is -3.55. The van der Waals surface area contributed by atoms with Gasteiger partial charge in [-0.05, 0) is 45.0 Å². The molecule has 1 saturated heterocycles. The monoisotopic (exact) mass is 355 g/mol. The largest absolute Gasteiger partial charge is 0.378 e. The van der Waals surface area contributed by atoms with Crippen LogP contribution in [0.3, 0.4) is 0 Å². The predicted octanol–water partition coefficient (Wildman–Crippen LogP) is 1.97. The van der Waals surface area contributed by atoms with Crippen molar-refractivity contribution in [3.05, 3.63) is 24.3 Å². The first-order valence-electron chi connectivity index (χ1n) is 8.15. The van der Waals surface area contributed by atoms with Crippen molar-refractivity contribution < 1.29 is 17.9 Å². The van der Waals surface area contributed by atoms with E-state index in [0.29, 0.717) is 38.5 Å². The van der Waals surface area contributed by atoms with Crippen LogP contribution < -0.4 is 5.32 Å². The van der Waals surface area contributed by atoms with Crippen molar-refractivity contribution in [2.75, 3.05) is 38.2 Å². The number of hydrogen-bond acceptors (Lipinski definition) is 4. The number of urea groups is 1. The molecule has 7 nitrogen and oxygen atoms in total. The van der Waals surface area contributed by atoms with Crippen LogP contribution in [0, 0.1) is 0 Å². The van der Waals surface area contributed by atoms with Gasteiger partial charge in [-0.2, -0.15) is 4.31 Å². The quantitative estimate of drug-likeness (QED) is 0.876. The molecular formula is C16H25N3O4S. The fourth-order valence-electron chi connectivity index (χ4n) is 2.63. The summed E-state index contributed by atoms with van der Waals surface area (Å²) in [6, 6.07) is 5.88. The molecule has 0 radical (unpaired) electrons. The van der Waals surface area contributed by atoms with E-state index in [2.05, 4.69) is 5.32 Å². The second-order valence-corrected chi connectivity index (χ2v) is 7.56. The molecule has 1 fully saturated rings. The third kappa shape index (κ3) is 4.06. The number of benzene rings is 1. The van der Waals surface area contributed by atoms with E-state index >= 15 is 0 Å². The number of carbonyl (C=O) groups is 1. The molecule has 0 bridgehead atoms. The molecule has 0 aliphatic carbocycles. The lowest BCUT2D eigenvalue weighted by Gasteiger charge is -2.32. The van der Waals surface area contributed by atoms with Crippen molar-refractivity contribution in [1.82, 2.24) is 9.21 Å². The Labute approximate surface area is 143 Å². The van der Waals surface area contributed by atoms with Gasteiger partial charge in [0.15, 0.2) is 0 Å². The fraction of sp³-hybridized carbons (Fsp3) is 0.562. The van der Waals surface area contributed by atoms with Crippen molar-refractivity contribution in [2.24, 2.45) is 0 Å². The van der Waals surface area contributed by atoms with Crippen molar-refractivity contribution in [1.29, 1.82) is 0 Å². The number of morpholine rings is 1. The van der Waals surface area contributed by atoms with Crippen molar-refractivity contribution in [2.45, 2.75) is 31.7 Å². The van der Waals surface area contributed by atoms with E-state index in [9.17, 15) is 13.2 Å². The van der Waals surface area contributed by atoms with Gasteiger partial charge in [0.2, 0.25) is 10.0 Å². The Bertz CT molecular complexity index is 656. The van der Waals surface area contributed by atoms with Crippen LogP contribution in [0.4, 0.5) is 10.5 Å². The lowest BCUT2D eigenvalue weighted by molar-refractivity contribution is 0.0393. The molecular weight excluding hydrogens is 330 g/mol. The number of anilines is 1. The topological polar surface area (TPSA) is 79.0 Å². The zero-order chi connectivity index (χ0) is 17.7. The molecule has 1 aromatic carbocycles. The first kappa shape index (κ1) is 18.7. The Morgan fingerprint density at radius 3 is 2.46 bits per heavy atom. The van der Waals surface area contributed by atoms with Gasteiger partial charge in [-0.1, -0.05) is 0 Å². The number of amides is 2. The van der Waals surface area contributed by atoms with Crippen molar-refractivity contribution in [3.8, 4) is 0 Å². The average Bonchev–Trinajstić information content (AvgIpc) is 2.56. The summed E-state index contributed by atoms with van der Waals surface area (Å²) >= 11 is 0. The Kier molecular flexibility index (Phi) is 6.20. The summed E-state index contributed by atoms with van der Waals surface area (Å²) in [5.41, 5.74) is 0.570. The molecule has 1 unspecified atom stereocenters. The Morgan fingerprint density at radius 2 is 1.92 bits per heavy atom. The van der Waals surface area contributed by atoms with Crippen LogP contribution in [0.5, 0.6) is 0 Å². The lowest BCUT2D eigenvalue weighted by Crippen LogP contribution is -2.46. The number of ether oxygens (including phenoxy) is 1. The maximum Gasteiger partial charge on any atom is 0.321 e. The molecule has 0 aromatic heterocycles. The van der Waals surface area contributed by atoms with E-state index in [1.54, 1.807) is 17.0 Å². The van der Waals surface area contributed by atoms with Gasteiger partial charge in [-0.25, -0.2) is 13.2 Å². The smallest absolute Gasteiger partial charge is 0.321 e. The maximum atomic E-state index is 12.7. The van der Waals surface area contributed by atoms with Gasteiger partial charge >= 0.3 is 6.03 Å². The maximum absolute atomic E-state index is 12.7. The molecule has 8 heteroatoms. The number of nitrogens with one attached hydrogen (secondary N) is 1. The normalized spacial score (nSPS) is 19.0. The van der Waals surface area contributed by atoms with Gasteiger partial charge in [-0.15, -0.1) is 0 Å². The number of hydrogen-bond donors (Lipinski definition) is 1. The predicted molar refractivity (Wildman–Crippen MR) is 92.6 cm³/mol. The minimum Gasteiger partial charge on any atom is -0.378 e. The highest BCUT2D eigenvalue weighted by Gasteiger charge is 2.31. The second-order valence-electron chi connectivity index (χ2n) is 5.67. The van der Waals surface area contributed by atoms with E-state index in [0.717, 1.165) is 0 Å². The Morgan fingerprint density at radius 1 is 1.29 bits per heavy atom. The molecule has 0 spiro atoms. The number of carbonyl (C=O) groups excluding carboxylic acids is 1. The molecule has 1 aliphatic rings. The zero-order valence-electron chi connectivity index (χ0n) is 14.4. The Hall–Kier alpha value is -1.64. The number of rotatable bonds is 5. The molecule has 1 atom stereocenters. The number of sulfonamides is 1. The van der Waals surface area contributed by atoms with Crippen LogP contribution in [-0.4, -0.2) is 62.5 Å². The molecule has 24 heavy (non-hydrogen) atoms. The molecule has 134 valence electrons. The van der Waals surface area contributed by atoms with E-state index in [1.807, 2.05) is 20.8 Å². The summed E-state index contributed by atoms with van der Waals surface area (Å²) in [6.45, 7) is 8.02. The molecule has 1 N–H and O–H groups in total. The fourth-order valence-corrected chi connectivity index (χ4v) is 4.23. The van der Waals surface area contributed by atoms with Crippen LogP contribution in [0.15, 0.2) is 29.2 Å². The van der Waals surface area contributed by atoms with Crippen LogP contribution in [0.1, 0.15) is 20.8 Å². The highest BCUT2D eigenvalue weighted by Crippen LogP contribution is 2.22. The summed E-state index contributed by atoms with van der Waals surface area (Å²) < 4.78 is 32.2. The first-order valence-corrected chi connectivity index (χ1v) is 9.59. The van der Waals surface area contributed by atoms with Gasteiger partial charge in [-0.3, -0.25) is 0 Å². The number of nitrogens with zero attached hydrogens (tertiary/aromatic N) is 2. The highest BCUT2D eigenvalue weighted by molar-refractivity contribution is 7.89. The summed E-state index contributed by atoms with van der Waals surface area (Å²) in [5, 5.41) is 2.77. The summed E-state index contributed by atoms with van der Waals surface area (Å²) in [6.07, 6.45) is 0. The second kappa shape index (κ2) is 7.96. The highest BCUT2D eigenvalue weighted by atomic mass is 32.2. The van der Waals surface area contributed by atoms with E-state index in [4.69, 9.17) is 4.74 Å². The van der Waals surface area contributed by atoms with Crippen LogP contribution in [-0.2, 0) is 14.8 Å². The molecule has 0 saturated carbocycles. The summed E-state index contributed by atoms with van der Waals surface area (Å²) in [4.78, 5) is 13.9. The lowest BCUT2D eigenvalue weighted by atomic mass is 10.3. The van der Waals surface area contributed by atoms with E-state index in [1.165, 1.54) is 16.4 Å². The van der Waals surface area contributed by atoms with Gasteiger partial charge in [0.05, 0.1) is 18.1 Å². The van der Waals surface area contributed by atoms with Crippen molar-refractivity contribution in [3.63, 3.8) is 0 Å². The van der Waals surface area contributed by atoms with Crippen LogP contribution in [0.2, 0.25) is 0 Å². The average molecular weight is 355 g/mol. The first-order chi connectivity index (χ1) is 11.4. The van der Waals surface area contributed by atoms with Crippen LogP contribution >= 0.6 is 0 Å². The van der Waals surface area contributed by atoms with Crippen LogP contribution in [0.25, 0.3) is 0 Å². The molecule has 2 amide bonds. The third-order valence-electron chi connectivity index (χ3n) is 4.07.